The van der Waals surface area contributed by atoms with E-state index >= 15 is 0 Å². The SMILES string of the molecule is O=c1[nH]c2cc(CN3CCCCC3)cc3c2c2c1CCCN2O3. The number of benzene rings is 1. The number of hydroxylamine groups is 1. The summed E-state index contributed by atoms with van der Waals surface area (Å²) >= 11 is 0. The summed E-state index contributed by atoms with van der Waals surface area (Å²) in [5, 5.41) is 3.00. The Morgan fingerprint density at radius 2 is 1.96 bits per heavy atom. The van der Waals surface area contributed by atoms with E-state index in [4.69, 9.17) is 4.84 Å². The number of rotatable bonds is 2. The lowest BCUT2D eigenvalue weighted by Gasteiger charge is -2.26. The van der Waals surface area contributed by atoms with Crippen LogP contribution in [0.5, 0.6) is 5.75 Å². The molecule has 1 fully saturated rings. The van der Waals surface area contributed by atoms with E-state index in [0.29, 0.717) is 0 Å². The summed E-state index contributed by atoms with van der Waals surface area (Å²) < 4.78 is 0. The van der Waals surface area contributed by atoms with Gasteiger partial charge in [-0.05, 0) is 56.5 Å². The Hall–Kier alpha value is -2.01. The van der Waals surface area contributed by atoms with Crippen molar-refractivity contribution in [1.82, 2.24) is 9.88 Å². The summed E-state index contributed by atoms with van der Waals surface area (Å²) in [5.74, 6) is 0.906. The van der Waals surface area contributed by atoms with Gasteiger partial charge in [0.15, 0.2) is 5.75 Å². The standard InChI is InChI=1S/C18H21N3O2/c22-18-13-5-4-8-21-17(13)16-14(19-18)9-12(10-15(16)23-21)11-20-6-2-1-3-7-20/h9-10H,1-8,11H2,(H,19,22). The Morgan fingerprint density at radius 1 is 1.09 bits per heavy atom. The van der Waals surface area contributed by atoms with Gasteiger partial charge in [-0.1, -0.05) is 6.42 Å². The Morgan fingerprint density at radius 3 is 2.83 bits per heavy atom. The minimum Gasteiger partial charge on any atom is -0.379 e. The van der Waals surface area contributed by atoms with Gasteiger partial charge >= 0.3 is 0 Å². The minimum atomic E-state index is 0.0452. The molecule has 23 heavy (non-hydrogen) atoms. The predicted molar refractivity (Wildman–Crippen MR) is 90.0 cm³/mol. The predicted octanol–water partition coefficient (Wildman–Crippen LogP) is 2.57. The van der Waals surface area contributed by atoms with Crippen molar-refractivity contribution in [1.29, 1.82) is 0 Å². The topological polar surface area (TPSA) is 48.6 Å². The first-order chi connectivity index (χ1) is 11.3. The van der Waals surface area contributed by atoms with Gasteiger partial charge in [-0.3, -0.25) is 9.69 Å². The summed E-state index contributed by atoms with van der Waals surface area (Å²) in [6.45, 7) is 4.13. The normalized spacial score (nSPS) is 20.1. The lowest BCUT2D eigenvalue weighted by atomic mass is 10.0. The maximum Gasteiger partial charge on any atom is 0.253 e. The first-order valence-electron chi connectivity index (χ1n) is 8.69. The zero-order valence-corrected chi connectivity index (χ0v) is 13.2. The van der Waals surface area contributed by atoms with Crippen LogP contribution >= 0.6 is 0 Å². The molecule has 0 aliphatic carbocycles. The van der Waals surface area contributed by atoms with E-state index in [1.54, 1.807) is 0 Å². The van der Waals surface area contributed by atoms with Crippen LogP contribution in [0.1, 0.15) is 36.8 Å². The zero-order chi connectivity index (χ0) is 15.4. The van der Waals surface area contributed by atoms with Crippen molar-refractivity contribution in [3.8, 4) is 5.75 Å². The number of aromatic amines is 1. The van der Waals surface area contributed by atoms with Crippen LogP contribution in [0.4, 0.5) is 5.69 Å². The molecular weight excluding hydrogens is 290 g/mol. The second-order valence-electron chi connectivity index (χ2n) is 6.93. The van der Waals surface area contributed by atoms with E-state index in [1.807, 2.05) is 5.06 Å². The van der Waals surface area contributed by atoms with Crippen molar-refractivity contribution >= 4 is 16.6 Å². The highest BCUT2D eigenvalue weighted by molar-refractivity contribution is 6.00. The van der Waals surface area contributed by atoms with Crippen molar-refractivity contribution in [2.75, 3.05) is 24.7 Å². The van der Waals surface area contributed by atoms with E-state index in [0.717, 1.165) is 53.8 Å². The summed E-state index contributed by atoms with van der Waals surface area (Å²) in [6.07, 6.45) is 5.73. The first kappa shape index (κ1) is 13.4. The van der Waals surface area contributed by atoms with E-state index in [2.05, 4.69) is 22.0 Å². The van der Waals surface area contributed by atoms with E-state index in [1.165, 1.54) is 37.9 Å². The smallest absolute Gasteiger partial charge is 0.253 e. The average molecular weight is 311 g/mol. The third-order valence-electron chi connectivity index (χ3n) is 5.31. The number of pyridine rings is 1. The molecule has 1 aromatic heterocycles. The largest absolute Gasteiger partial charge is 0.379 e. The monoisotopic (exact) mass is 311 g/mol. The van der Waals surface area contributed by atoms with Crippen molar-refractivity contribution in [2.45, 2.75) is 38.6 Å². The van der Waals surface area contributed by atoms with Crippen molar-refractivity contribution in [3.05, 3.63) is 33.6 Å². The quantitative estimate of drug-likeness (QED) is 0.926. The van der Waals surface area contributed by atoms with Gasteiger partial charge < -0.3 is 9.82 Å². The molecule has 2 aromatic rings. The van der Waals surface area contributed by atoms with Crippen molar-refractivity contribution in [3.63, 3.8) is 0 Å². The van der Waals surface area contributed by atoms with Crippen LogP contribution < -0.4 is 15.5 Å². The van der Waals surface area contributed by atoms with Crippen molar-refractivity contribution in [2.24, 2.45) is 0 Å². The second kappa shape index (κ2) is 4.99. The molecule has 120 valence electrons. The molecule has 0 spiro atoms. The number of H-pyrrole nitrogens is 1. The first-order valence-corrected chi connectivity index (χ1v) is 8.69. The van der Waals surface area contributed by atoms with E-state index in [9.17, 15) is 4.79 Å². The van der Waals surface area contributed by atoms with E-state index < -0.39 is 0 Å². The zero-order valence-electron chi connectivity index (χ0n) is 13.2. The van der Waals surface area contributed by atoms with Crippen LogP contribution in [0, 0.1) is 0 Å². The molecule has 0 atom stereocenters. The number of hydrogen-bond donors (Lipinski definition) is 1. The number of aromatic nitrogens is 1. The molecule has 0 amide bonds. The minimum absolute atomic E-state index is 0.0452. The molecule has 3 aliphatic heterocycles. The molecule has 0 saturated carbocycles. The Balaban J connectivity index is 1.60. The summed E-state index contributed by atoms with van der Waals surface area (Å²) in [5.41, 5.74) is 4.08. The van der Waals surface area contributed by atoms with Gasteiger partial charge in [-0.15, -0.1) is 0 Å². The maximum atomic E-state index is 12.4. The molecule has 4 heterocycles. The van der Waals surface area contributed by atoms with Gasteiger partial charge in [-0.25, -0.2) is 5.06 Å². The molecule has 0 unspecified atom stereocenters. The van der Waals surface area contributed by atoms with Gasteiger partial charge in [0.1, 0.15) is 0 Å². The van der Waals surface area contributed by atoms with Gasteiger partial charge in [0.05, 0.1) is 23.1 Å². The molecule has 1 aromatic carbocycles. The van der Waals surface area contributed by atoms with Gasteiger partial charge in [0, 0.05) is 12.1 Å². The Bertz CT molecular complexity index is 836. The number of likely N-dealkylation sites (tertiary alicyclic amines) is 1. The molecule has 1 saturated heterocycles. The fourth-order valence-corrected chi connectivity index (χ4v) is 4.24. The third kappa shape index (κ3) is 2.06. The lowest BCUT2D eigenvalue weighted by molar-refractivity contribution is 0.220. The van der Waals surface area contributed by atoms with Crippen LogP contribution in [0.2, 0.25) is 0 Å². The van der Waals surface area contributed by atoms with Crippen LogP contribution in [0.25, 0.3) is 10.9 Å². The summed E-state index contributed by atoms with van der Waals surface area (Å²) in [7, 11) is 0. The number of anilines is 1. The highest BCUT2D eigenvalue weighted by Crippen LogP contribution is 2.44. The highest BCUT2D eigenvalue weighted by Gasteiger charge is 2.31. The van der Waals surface area contributed by atoms with Crippen LogP contribution in [0.3, 0.4) is 0 Å². The molecule has 5 heteroatoms. The number of hydrogen-bond acceptors (Lipinski definition) is 4. The molecule has 0 bridgehead atoms. The summed E-state index contributed by atoms with van der Waals surface area (Å²) in [4.78, 5) is 24.0. The van der Waals surface area contributed by atoms with Crippen molar-refractivity contribution < 1.29 is 4.84 Å². The number of piperidine rings is 1. The van der Waals surface area contributed by atoms with Gasteiger partial charge in [0.25, 0.3) is 5.56 Å². The van der Waals surface area contributed by atoms with E-state index in [-0.39, 0.29) is 5.56 Å². The van der Waals surface area contributed by atoms with Crippen LogP contribution in [0.15, 0.2) is 16.9 Å². The fourth-order valence-electron chi connectivity index (χ4n) is 4.24. The average Bonchev–Trinajstić information content (AvgIpc) is 2.93. The summed E-state index contributed by atoms with van der Waals surface area (Å²) in [6, 6.07) is 4.30. The number of nitrogens with zero attached hydrogens (tertiary/aromatic N) is 2. The molecular formula is C18H21N3O2. The lowest BCUT2D eigenvalue weighted by Crippen LogP contribution is -2.32. The molecule has 3 aliphatic rings. The highest BCUT2D eigenvalue weighted by atomic mass is 16.7. The van der Waals surface area contributed by atoms with Crippen LogP contribution in [-0.4, -0.2) is 29.5 Å². The molecule has 0 radical (unpaired) electrons. The molecule has 5 nitrogen and oxygen atoms in total. The maximum absolute atomic E-state index is 12.4. The molecule has 1 N–H and O–H groups in total. The number of nitrogens with one attached hydrogen (secondary N) is 1. The molecule has 5 rings (SSSR count). The Kier molecular flexibility index (Phi) is 2.92. The van der Waals surface area contributed by atoms with Gasteiger partial charge in [-0.2, -0.15) is 0 Å². The van der Waals surface area contributed by atoms with Gasteiger partial charge in [0.2, 0.25) is 0 Å². The Labute approximate surface area is 134 Å². The second-order valence-corrected chi connectivity index (χ2v) is 6.93. The third-order valence-corrected chi connectivity index (χ3v) is 5.31. The fraction of sp³-hybridized carbons (Fsp3) is 0.500. The van der Waals surface area contributed by atoms with Crippen LogP contribution in [-0.2, 0) is 13.0 Å².